The van der Waals surface area contributed by atoms with Crippen molar-refractivity contribution < 1.29 is 22.8 Å². The number of quaternary nitrogens is 1. The molecule has 0 saturated carbocycles. The average Bonchev–Trinajstić information content (AvgIpc) is 2.15. The van der Waals surface area contributed by atoms with E-state index in [2.05, 4.69) is 6.58 Å². The molecule has 100 valence electrons. The molecule has 0 aliphatic rings. The highest BCUT2D eigenvalue weighted by Crippen LogP contribution is 2.01. The summed E-state index contributed by atoms with van der Waals surface area (Å²) in [5.74, 6) is -0.210. The van der Waals surface area contributed by atoms with E-state index in [-0.39, 0.29) is 11.7 Å². The van der Waals surface area contributed by atoms with Crippen LogP contribution in [0.15, 0.2) is 12.2 Å². The third kappa shape index (κ3) is 9.02. The predicted molar refractivity (Wildman–Crippen MR) is 66.0 cm³/mol. The van der Waals surface area contributed by atoms with Crippen LogP contribution in [0.1, 0.15) is 13.3 Å². The number of esters is 1. The molecule has 0 aromatic carbocycles. The van der Waals surface area contributed by atoms with Gasteiger partial charge in [0.1, 0.15) is 13.2 Å². The van der Waals surface area contributed by atoms with Gasteiger partial charge < -0.3 is 13.8 Å². The number of hydrogen-bond donors (Lipinski definition) is 0. The Labute approximate surface area is 105 Å². The lowest BCUT2D eigenvalue weighted by atomic mass is 10.3. The van der Waals surface area contributed by atoms with Crippen molar-refractivity contribution in [3.05, 3.63) is 12.2 Å². The molecule has 0 aromatic rings. The Kier molecular flexibility index (Phi) is 7.26. The van der Waals surface area contributed by atoms with Crippen molar-refractivity contribution >= 4 is 17.0 Å². The van der Waals surface area contributed by atoms with Gasteiger partial charge in [-0.25, -0.2) is 4.79 Å². The molecule has 0 aromatic heterocycles. The van der Waals surface area contributed by atoms with Crippen LogP contribution in [0.2, 0.25) is 0 Å². The lowest BCUT2D eigenvalue weighted by Crippen LogP contribution is -2.43. The Morgan fingerprint density at radius 2 is 2.00 bits per heavy atom. The minimum atomic E-state index is -1.98. The second kappa shape index (κ2) is 7.58. The number of nitrogens with zero attached hydrogens (tertiary/aromatic N) is 1. The Hall–Kier alpha value is -0.720. The highest BCUT2D eigenvalue weighted by Gasteiger charge is 2.15. The van der Waals surface area contributed by atoms with Crippen LogP contribution < -0.4 is 0 Å². The van der Waals surface area contributed by atoms with Gasteiger partial charge in [-0.05, 0) is 6.92 Å². The zero-order valence-electron chi connectivity index (χ0n) is 10.7. The first kappa shape index (κ1) is 16.3. The van der Waals surface area contributed by atoms with Crippen LogP contribution in [0.4, 0.5) is 0 Å². The molecule has 0 amide bonds. The Balaban J connectivity index is 3.81. The number of rotatable bonds is 8. The largest absolute Gasteiger partial charge is 0.772 e. The summed E-state index contributed by atoms with van der Waals surface area (Å²) in [5.41, 5.74) is 0.386. The van der Waals surface area contributed by atoms with E-state index >= 15 is 0 Å². The minimum absolute atomic E-state index is 0.174. The minimum Gasteiger partial charge on any atom is -0.772 e. The van der Waals surface area contributed by atoms with Crippen molar-refractivity contribution in [2.75, 3.05) is 39.5 Å². The van der Waals surface area contributed by atoms with Crippen LogP contribution in [-0.2, 0) is 20.6 Å². The van der Waals surface area contributed by atoms with E-state index in [1.165, 1.54) is 0 Å². The number of hydrogen-bond acceptors (Lipinski definition) is 4. The van der Waals surface area contributed by atoms with Gasteiger partial charge in [-0.15, -0.1) is 0 Å². The molecule has 1 unspecified atom stereocenters. The zero-order valence-corrected chi connectivity index (χ0v) is 11.5. The van der Waals surface area contributed by atoms with Gasteiger partial charge in [-0.1, -0.05) is 17.7 Å². The molecule has 0 aliphatic carbocycles. The normalized spacial score (nSPS) is 13.2. The van der Waals surface area contributed by atoms with E-state index in [0.29, 0.717) is 29.6 Å². The van der Waals surface area contributed by atoms with Gasteiger partial charge in [0.25, 0.3) is 0 Å². The number of likely N-dealkylation sites (N-methyl/N-ethyl adjacent to an activating group) is 1. The van der Waals surface area contributed by atoms with Gasteiger partial charge in [-0.2, -0.15) is 0 Å². The maximum absolute atomic E-state index is 11.1. The van der Waals surface area contributed by atoms with E-state index in [9.17, 15) is 13.6 Å². The van der Waals surface area contributed by atoms with Gasteiger partial charge in [0.05, 0.1) is 20.6 Å². The van der Waals surface area contributed by atoms with Gasteiger partial charge in [0.15, 0.2) is 0 Å². The van der Waals surface area contributed by atoms with Crippen molar-refractivity contribution in [1.29, 1.82) is 0 Å². The Bertz CT molecular complexity index is 302. The lowest BCUT2D eigenvalue weighted by Gasteiger charge is -2.29. The fraction of sp³-hybridized carbons (Fsp3) is 0.727. The van der Waals surface area contributed by atoms with Gasteiger partial charge >= 0.3 is 5.97 Å². The summed E-state index contributed by atoms with van der Waals surface area (Å²) >= 11 is -1.98. The summed E-state index contributed by atoms with van der Waals surface area (Å²) in [7, 11) is 3.95. The van der Waals surface area contributed by atoms with Gasteiger partial charge in [0.2, 0.25) is 0 Å². The summed E-state index contributed by atoms with van der Waals surface area (Å²) in [6.45, 7) is 6.80. The molecule has 0 fully saturated rings. The molecule has 0 radical (unpaired) electrons. The molecule has 0 spiro atoms. The van der Waals surface area contributed by atoms with Crippen molar-refractivity contribution in [3.8, 4) is 0 Å². The molecule has 0 bridgehead atoms. The van der Waals surface area contributed by atoms with Gasteiger partial charge in [0, 0.05) is 17.7 Å². The van der Waals surface area contributed by atoms with Crippen molar-refractivity contribution in [1.82, 2.24) is 0 Å². The Morgan fingerprint density at radius 1 is 1.41 bits per heavy atom. The molecule has 0 rings (SSSR count). The maximum Gasteiger partial charge on any atom is 0.333 e. The fourth-order valence-corrected chi connectivity index (χ4v) is 1.60. The van der Waals surface area contributed by atoms with Crippen LogP contribution in [0.5, 0.6) is 0 Å². The molecule has 1 atom stereocenters. The predicted octanol–water partition coefficient (Wildman–Crippen LogP) is 0.451. The molecule has 5 nitrogen and oxygen atoms in total. The summed E-state index contributed by atoms with van der Waals surface area (Å²) in [6, 6.07) is 0. The summed E-state index contributed by atoms with van der Waals surface area (Å²) < 4.78 is 26.4. The van der Waals surface area contributed by atoms with Crippen LogP contribution in [0.25, 0.3) is 0 Å². The van der Waals surface area contributed by atoms with Crippen LogP contribution in [0.3, 0.4) is 0 Å². The molecule has 0 saturated heterocycles. The molecule has 0 aliphatic heterocycles. The quantitative estimate of drug-likeness (QED) is 0.276. The standard InChI is InChI=1S/C11H21NO4S/c1-10(2)11(13)16-8-7-12(3,4)6-5-9-17(14)15/h1,5-9H2,2-4H3. The summed E-state index contributed by atoms with van der Waals surface area (Å²) in [5, 5.41) is 0. The first-order chi connectivity index (χ1) is 7.74. The van der Waals surface area contributed by atoms with Crippen LogP contribution in [0, 0.1) is 0 Å². The van der Waals surface area contributed by atoms with Crippen LogP contribution >= 0.6 is 0 Å². The highest BCUT2D eigenvalue weighted by molar-refractivity contribution is 7.79. The Morgan fingerprint density at radius 3 is 2.47 bits per heavy atom. The van der Waals surface area contributed by atoms with E-state index in [1.807, 2.05) is 14.1 Å². The smallest absolute Gasteiger partial charge is 0.333 e. The highest BCUT2D eigenvalue weighted by atomic mass is 32.2. The second-order valence-corrected chi connectivity index (χ2v) is 5.68. The molecule has 0 N–H and O–H groups in total. The first-order valence-electron chi connectivity index (χ1n) is 5.45. The van der Waals surface area contributed by atoms with Gasteiger partial charge in [-0.3, -0.25) is 4.21 Å². The third-order valence-electron chi connectivity index (χ3n) is 2.35. The monoisotopic (exact) mass is 263 g/mol. The zero-order chi connectivity index (χ0) is 13.5. The first-order valence-corrected chi connectivity index (χ1v) is 6.69. The SMILES string of the molecule is C=C(C)C(=O)OCC[N+](C)(C)CCCS(=O)[O-]. The van der Waals surface area contributed by atoms with E-state index in [4.69, 9.17) is 4.74 Å². The van der Waals surface area contributed by atoms with Crippen LogP contribution in [-0.4, -0.2) is 58.8 Å². The molecule has 6 heteroatoms. The van der Waals surface area contributed by atoms with E-state index < -0.39 is 11.1 Å². The van der Waals surface area contributed by atoms with Crippen molar-refractivity contribution in [2.45, 2.75) is 13.3 Å². The summed E-state index contributed by atoms with van der Waals surface area (Å²) in [6.07, 6.45) is 0.609. The van der Waals surface area contributed by atoms with E-state index in [0.717, 1.165) is 6.54 Å². The molecular weight excluding hydrogens is 242 g/mol. The molecule has 17 heavy (non-hydrogen) atoms. The van der Waals surface area contributed by atoms with E-state index in [1.54, 1.807) is 6.92 Å². The van der Waals surface area contributed by atoms with Crippen molar-refractivity contribution in [3.63, 3.8) is 0 Å². The molecular formula is C11H21NO4S. The lowest BCUT2D eigenvalue weighted by molar-refractivity contribution is -0.890. The number of carbonyl (C=O) groups excluding carboxylic acids is 1. The second-order valence-electron chi connectivity index (χ2n) is 4.66. The number of carbonyl (C=O) groups is 1. The molecule has 0 heterocycles. The van der Waals surface area contributed by atoms with Crippen molar-refractivity contribution in [2.24, 2.45) is 0 Å². The fourth-order valence-electron chi connectivity index (χ4n) is 1.23. The topological polar surface area (TPSA) is 66.4 Å². The average molecular weight is 263 g/mol. The summed E-state index contributed by atoms with van der Waals surface area (Å²) in [4.78, 5) is 11.1. The third-order valence-corrected chi connectivity index (χ3v) is 2.97. The maximum atomic E-state index is 11.1. The number of ether oxygens (including phenoxy) is 1.